The number of fused-ring (bicyclic) bond motifs is 1. The van der Waals surface area contributed by atoms with Gasteiger partial charge in [-0.15, -0.1) is 0 Å². The number of morpholine rings is 1. The highest BCUT2D eigenvalue weighted by Gasteiger charge is 2.32. The smallest absolute Gasteiger partial charge is 0.269 e. The highest BCUT2D eigenvalue weighted by molar-refractivity contribution is 7.89. The Hall–Kier alpha value is -2.24. The summed E-state index contributed by atoms with van der Waals surface area (Å²) in [6.45, 7) is 4.29. The zero-order valence-corrected chi connectivity index (χ0v) is 19.2. The highest BCUT2D eigenvalue weighted by atomic mass is 35.5. The van der Waals surface area contributed by atoms with Crippen LogP contribution in [0.2, 0.25) is 5.02 Å². The van der Waals surface area contributed by atoms with Crippen LogP contribution in [-0.4, -0.2) is 48.9 Å². The van der Waals surface area contributed by atoms with Gasteiger partial charge in [-0.1, -0.05) is 22.9 Å². The Morgan fingerprint density at radius 2 is 1.84 bits per heavy atom. The van der Waals surface area contributed by atoms with Crippen LogP contribution < -0.4 is 10.9 Å². The fourth-order valence-corrected chi connectivity index (χ4v) is 6.07. The minimum Gasteiger partial charge on any atom is -0.373 e. The predicted molar refractivity (Wildman–Crippen MR) is 121 cm³/mol. The molecule has 8 nitrogen and oxygen atoms in total. The van der Waals surface area contributed by atoms with E-state index in [0.717, 1.165) is 10.2 Å². The van der Waals surface area contributed by atoms with E-state index in [4.69, 9.17) is 16.3 Å². The van der Waals surface area contributed by atoms with Crippen LogP contribution in [0.15, 0.2) is 47.4 Å². The fourth-order valence-electron chi connectivity index (χ4n) is 3.39. The minimum absolute atomic E-state index is 0.140. The van der Waals surface area contributed by atoms with Gasteiger partial charge in [0.25, 0.3) is 5.91 Å². The molecule has 0 saturated carbocycles. The number of hydrogen-bond donors (Lipinski definition) is 2. The van der Waals surface area contributed by atoms with Crippen LogP contribution in [0.5, 0.6) is 0 Å². The molecule has 31 heavy (non-hydrogen) atoms. The number of hydrogen-bond acceptors (Lipinski definition) is 7. The zero-order chi connectivity index (χ0) is 22.2. The van der Waals surface area contributed by atoms with Crippen molar-refractivity contribution in [3.05, 3.63) is 53.1 Å². The van der Waals surface area contributed by atoms with Gasteiger partial charge < -0.3 is 4.74 Å². The number of rotatable bonds is 5. The lowest BCUT2D eigenvalue weighted by atomic mass is 10.2. The van der Waals surface area contributed by atoms with Gasteiger partial charge >= 0.3 is 0 Å². The molecule has 1 aliphatic heterocycles. The summed E-state index contributed by atoms with van der Waals surface area (Å²) in [7, 11) is -3.66. The normalized spacial score (nSPS) is 20.0. The number of amides is 1. The number of hydrazine groups is 1. The number of halogens is 1. The Balaban J connectivity index is 1.42. The van der Waals surface area contributed by atoms with Crippen LogP contribution in [0.4, 0.5) is 5.13 Å². The van der Waals surface area contributed by atoms with Gasteiger partial charge in [0.1, 0.15) is 0 Å². The van der Waals surface area contributed by atoms with E-state index in [0.29, 0.717) is 28.8 Å². The van der Waals surface area contributed by atoms with Crippen LogP contribution in [-0.2, 0) is 14.8 Å². The molecule has 2 N–H and O–H groups in total. The van der Waals surface area contributed by atoms with Crippen molar-refractivity contribution in [1.29, 1.82) is 0 Å². The summed E-state index contributed by atoms with van der Waals surface area (Å²) in [6, 6.07) is 11.2. The third kappa shape index (κ3) is 4.83. The average Bonchev–Trinajstić information content (AvgIpc) is 3.13. The SMILES string of the molecule is CC1CN(S(=O)(=O)c2ccc(C(=O)NNc3nc4ccc(Cl)cc4s3)cc2)CC(C)O1. The van der Waals surface area contributed by atoms with Gasteiger partial charge in [-0.3, -0.25) is 15.6 Å². The monoisotopic (exact) mass is 480 g/mol. The summed E-state index contributed by atoms with van der Waals surface area (Å²) in [6.07, 6.45) is -0.346. The lowest BCUT2D eigenvalue weighted by Crippen LogP contribution is -2.48. The summed E-state index contributed by atoms with van der Waals surface area (Å²) < 4.78 is 33.8. The van der Waals surface area contributed by atoms with Crippen molar-refractivity contribution < 1.29 is 17.9 Å². The van der Waals surface area contributed by atoms with E-state index >= 15 is 0 Å². The first kappa shape index (κ1) is 22.0. The molecular weight excluding hydrogens is 460 g/mol. The second-order valence-corrected chi connectivity index (χ2v) is 10.7. The number of ether oxygens (including phenoxy) is 1. The van der Waals surface area contributed by atoms with Crippen molar-refractivity contribution in [2.45, 2.75) is 31.0 Å². The maximum Gasteiger partial charge on any atom is 0.269 e. The molecule has 2 heterocycles. The molecule has 0 aliphatic carbocycles. The minimum atomic E-state index is -3.66. The summed E-state index contributed by atoms with van der Waals surface area (Å²) in [5, 5.41) is 1.13. The Bertz CT molecular complexity index is 1200. The molecule has 1 fully saturated rings. The van der Waals surface area contributed by atoms with E-state index in [-0.39, 0.29) is 17.1 Å². The topological polar surface area (TPSA) is 101 Å². The highest BCUT2D eigenvalue weighted by Crippen LogP contribution is 2.28. The van der Waals surface area contributed by atoms with Crippen molar-refractivity contribution in [3.8, 4) is 0 Å². The van der Waals surface area contributed by atoms with Gasteiger partial charge in [-0.2, -0.15) is 4.31 Å². The molecule has 0 spiro atoms. The first-order valence-electron chi connectivity index (χ1n) is 9.60. The van der Waals surface area contributed by atoms with Gasteiger partial charge in [0.05, 0.1) is 27.3 Å². The molecule has 11 heteroatoms. The number of nitrogens with zero attached hydrogens (tertiary/aromatic N) is 2. The molecule has 1 amide bonds. The maximum atomic E-state index is 12.9. The lowest BCUT2D eigenvalue weighted by molar-refractivity contribution is -0.0440. The molecule has 1 aliphatic rings. The number of carbonyl (C=O) groups excluding carboxylic acids is 1. The lowest BCUT2D eigenvalue weighted by Gasteiger charge is -2.34. The molecule has 1 aromatic heterocycles. The van der Waals surface area contributed by atoms with Gasteiger partial charge in [0.15, 0.2) is 0 Å². The predicted octanol–water partition coefficient (Wildman–Crippen LogP) is 3.50. The van der Waals surface area contributed by atoms with Gasteiger partial charge in [-0.25, -0.2) is 13.4 Å². The molecule has 2 atom stereocenters. The van der Waals surface area contributed by atoms with Gasteiger partial charge in [-0.05, 0) is 56.3 Å². The number of carbonyl (C=O) groups is 1. The number of nitrogens with one attached hydrogen (secondary N) is 2. The van der Waals surface area contributed by atoms with Crippen molar-refractivity contribution in [3.63, 3.8) is 0 Å². The van der Waals surface area contributed by atoms with Crippen molar-refractivity contribution in [1.82, 2.24) is 14.7 Å². The second kappa shape index (κ2) is 8.71. The quantitative estimate of drug-likeness (QED) is 0.542. The van der Waals surface area contributed by atoms with Crippen molar-refractivity contribution >= 4 is 54.2 Å². The summed E-state index contributed by atoms with van der Waals surface area (Å²) in [5.41, 5.74) is 6.45. The first-order valence-corrected chi connectivity index (χ1v) is 12.2. The molecule has 164 valence electrons. The Kier molecular flexibility index (Phi) is 6.18. The third-order valence-corrected chi connectivity index (χ3v) is 7.79. The van der Waals surface area contributed by atoms with E-state index in [1.807, 2.05) is 13.8 Å². The summed E-state index contributed by atoms with van der Waals surface area (Å²) in [5.74, 6) is -0.408. The first-order chi connectivity index (χ1) is 14.7. The number of thiazole rings is 1. The van der Waals surface area contributed by atoms with Crippen LogP contribution >= 0.6 is 22.9 Å². The van der Waals surface area contributed by atoms with Gasteiger partial charge in [0, 0.05) is 23.7 Å². The van der Waals surface area contributed by atoms with E-state index in [9.17, 15) is 13.2 Å². The van der Waals surface area contributed by atoms with Crippen molar-refractivity contribution in [2.75, 3.05) is 18.5 Å². The van der Waals surface area contributed by atoms with Gasteiger partial charge in [0.2, 0.25) is 15.2 Å². The van der Waals surface area contributed by atoms with Crippen LogP contribution in [0.3, 0.4) is 0 Å². The van der Waals surface area contributed by atoms with Crippen LogP contribution in [0.25, 0.3) is 10.2 Å². The number of aromatic nitrogens is 1. The Morgan fingerprint density at radius 1 is 1.16 bits per heavy atom. The molecule has 4 rings (SSSR count). The molecule has 1 saturated heterocycles. The number of anilines is 1. The largest absolute Gasteiger partial charge is 0.373 e. The molecule has 2 unspecified atom stereocenters. The summed E-state index contributed by atoms with van der Waals surface area (Å²) >= 11 is 7.33. The zero-order valence-electron chi connectivity index (χ0n) is 16.8. The maximum absolute atomic E-state index is 12.9. The Morgan fingerprint density at radius 3 is 2.52 bits per heavy atom. The Labute approximate surface area is 189 Å². The van der Waals surface area contributed by atoms with Crippen LogP contribution in [0, 0.1) is 0 Å². The standard InChI is InChI=1S/C20H21ClN4O4S2/c1-12-10-25(11-13(2)29-12)31(27,28)16-6-3-14(4-7-16)19(26)23-24-20-22-17-8-5-15(21)9-18(17)30-20/h3-9,12-13H,10-11H2,1-2H3,(H,22,24)(H,23,26). The molecule has 0 bridgehead atoms. The molecule has 3 aromatic rings. The van der Waals surface area contributed by atoms with E-state index in [2.05, 4.69) is 15.8 Å². The van der Waals surface area contributed by atoms with E-state index < -0.39 is 15.9 Å². The number of benzene rings is 2. The van der Waals surface area contributed by atoms with Crippen LogP contribution in [0.1, 0.15) is 24.2 Å². The summed E-state index contributed by atoms with van der Waals surface area (Å²) in [4.78, 5) is 17.0. The second-order valence-electron chi connectivity index (χ2n) is 7.31. The average molecular weight is 481 g/mol. The number of sulfonamides is 1. The van der Waals surface area contributed by atoms with E-state index in [1.54, 1.807) is 18.2 Å². The fraction of sp³-hybridized carbons (Fsp3) is 0.300. The molecule has 0 radical (unpaired) electrons. The van der Waals surface area contributed by atoms with Crippen molar-refractivity contribution in [2.24, 2.45) is 0 Å². The molecule has 2 aromatic carbocycles. The van der Waals surface area contributed by atoms with E-state index in [1.165, 1.54) is 39.9 Å². The third-order valence-electron chi connectivity index (χ3n) is 4.77. The molecular formula is C20H21ClN4O4S2.